The number of aromatic nitrogens is 3. The lowest BCUT2D eigenvalue weighted by Gasteiger charge is -2.25. The van der Waals surface area contributed by atoms with Gasteiger partial charge in [-0.2, -0.15) is 4.98 Å². The molecular weight excluding hydrogens is 298 g/mol. The summed E-state index contributed by atoms with van der Waals surface area (Å²) in [6, 6.07) is 7.21. The molecule has 8 heteroatoms. The highest BCUT2D eigenvalue weighted by Gasteiger charge is 2.16. The number of nitrogens with one attached hydrogen (secondary N) is 2. The Hall–Kier alpha value is -2.87. The number of oxazole rings is 1. The Morgan fingerprint density at radius 2 is 1.96 bits per heavy atom. The van der Waals surface area contributed by atoms with E-state index in [2.05, 4.69) is 20.2 Å². The monoisotopic (exact) mass is 313 g/mol. The van der Waals surface area contributed by atoms with Gasteiger partial charge in [-0.25, -0.2) is 4.79 Å². The van der Waals surface area contributed by atoms with Gasteiger partial charge in [-0.3, -0.25) is 14.3 Å². The molecule has 1 aliphatic rings. The van der Waals surface area contributed by atoms with E-state index in [0.29, 0.717) is 17.3 Å². The number of hydrogen-bond donors (Lipinski definition) is 2. The summed E-state index contributed by atoms with van der Waals surface area (Å²) < 4.78 is 7.19. The Kier molecular flexibility index (Phi) is 3.23. The maximum absolute atomic E-state index is 11.9. The molecule has 0 amide bonds. The van der Waals surface area contributed by atoms with E-state index in [9.17, 15) is 9.59 Å². The topological polar surface area (TPSA) is 96.2 Å². The number of nitrogens with zero attached hydrogens (tertiary/aromatic N) is 3. The predicted molar refractivity (Wildman–Crippen MR) is 85.3 cm³/mol. The fourth-order valence-corrected chi connectivity index (χ4v) is 2.66. The molecule has 2 aromatic heterocycles. The molecule has 4 rings (SSSR count). The summed E-state index contributed by atoms with van der Waals surface area (Å²) >= 11 is 0. The third kappa shape index (κ3) is 2.53. The average Bonchev–Trinajstić information content (AvgIpc) is 2.99. The summed E-state index contributed by atoms with van der Waals surface area (Å²) in [5.41, 5.74) is 1.04. The Morgan fingerprint density at radius 1 is 1.13 bits per heavy atom. The molecule has 3 heterocycles. The van der Waals surface area contributed by atoms with Crippen molar-refractivity contribution in [3.8, 4) is 5.69 Å². The maximum Gasteiger partial charge on any atom is 0.332 e. The van der Waals surface area contributed by atoms with Crippen LogP contribution in [-0.2, 0) is 0 Å². The maximum atomic E-state index is 11.9. The minimum absolute atomic E-state index is 0.423. The largest absolute Gasteiger partial charge is 0.423 e. The Morgan fingerprint density at radius 3 is 2.74 bits per heavy atom. The average molecular weight is 313 g/mol. The zero-order valence-corrected chi connectivity index (χ0v) is 12.3. The van der Waals surface area contributed by atoms with E-state index in [1.54, 1.807) is 18.2 Å². The number of rotatable bonds is 2. The first kappa shape index (κ1) is 13.8. The Balaban J connectivity index is 1.75. The predicted octanol–water partition coefficient (Wildman–Crippen LogP) is 0.0766. The first-order valence-corrected chi connectivity index (χ1v) is 7.39. The summed E-state index contributed by atoms with van der Waals surface area (Å²) in [5.74, 6) is 0. The lowest BCUT2D eigenvalue weighted by atomic mass is 10.3. The van der Waals surface area contributed by atoms with Crippen LogP contribution in [-0.4, -0.2) is 40.7 Å². The number of piperazine rings is 1. The van der Waals surface area contributed by atoms with Crippen LogP contribution in [0.25, 0.3) is 16.8 Å². The lowest BCUT2D eigenvalue weighted by Crippen LogP contribution is -2.43. The van der Waals surface area contributed by atoms with Crippen LogP contribution in [0.2, 0.25) is 0 Å². The van der Waals surface area contributed by atoms with Gasteiger partial charge >= 0.3 is 5.69 Å². The first-order valence-electron chi connectivity index (χ1n) is 7.39. The summed E-state index contributed by atoms with van der Waals surface area (Å²) in [5, 5.41) is 3.28. The van der Waals surface area contributed by atoms with Crippen LogP contribution >= 0.6 is 0 Å². The molecule has 23 heavy (non-hydrogen) atoms. The second-order valence-corrected chi connectivity index (χ2v) is 5.37. The molecule has 1 aliphatic heterocycles. The summed E-state index contributed by atoms with van der Waals surface area (Å²) in [7, 11) is 0. The van der Waals surface area contributed by atoms with Gasteiger partial charge in [0.2, 0.25) is 0 Å². The van der Waals surface area contributed by atoms with Gasteiger partial charge in [0.25, 0.3) is 11.6 Å². The van der Waals surface area contributed by atoms with Gasteiger partial charge in [0.05, 0.1) is 5.69 Å². The minimum atomic E-state index is -0.487. The van der Waals surface area contributed by atoms with Crippen LogP contribution in [0.15, 0.2) is 44.5 Å². The second kappa shape index (κ2) is 5.40. The summed E-state index contributed by atoms with van der Waals surface area (Å²) in [4.78, 5) is 31.8. The molecule has 0 atom stereocenters. The van der Waals surface area contributed by atoms with Gasteiger partial charge in [-0.05, 0) is 12.1 Å². The molecule has 1 aromatic carbocycles. The van der Waals surface area contributed by atoms with Crippen molar-refractivity contribution in [2.45, 2.75) is 0 Å². The van der Waals surface area contributed by atoms with E-state index < -0.39 is 11.2 Å². The molecule has 3 aromatic rings. The van der Waals surface area contributed by atoms with Crippen LogP contribution in [0.3, 0.4) is 0 Å². The van der Waals surface area contributed by atoms with E-state index in [0.717, 1.165) is 31.7 Å². The number of aromatic amines is 1. The molecule has 0 unspecified atom stereocenters. The number of fused-ring (bicyclic) bond motifs is 1. The highest BCUT2D eigenvalue weighted by Crippen LogP contribution is 2.24. The lowest BCUT2D eigenvalue weighted by molar-refractivity contribution is 0.517. The third-order valence-electron chi connectivity index (χ3n) is 3.85. The Labute approximate surface area is 130 Å². The van der Waals surface area contributed by atoms with Crippen molar-refractivity contribution in [3.05, 3.63) is 51.3 Å². The summed E-state index contributed by atoms with van der Waals surface area (Å²) in [6.45, 7) is 3.49. The van der Waals surface area contributed by atoms with Gasteiger partial charge in [0, 0.05) is 44.5 Å². The number of hydrogen-bond acceptors (Lipinski definition) is 6. The highest BCUT2D eigenvalue weighted by molar-refractivity contribution is 5.77. The van der Waals surface area contributed by atoms with E-state index in [1.165, 1.54) is 16.8 Å². The molecular formula is C15H15N5O3. The van der Waals surface area contributed by atoms with E-state index in [4.69, 9.17) is 4.42 Å². The number of H-pyrrole nitrogens is 1. The quantitative estimate of drug-likeness (QED) is 0.695. The standard InChI is InChI=1S/C15H15N5O3/c21-13-3-6-20(14(22)18-13)10-1-2-11-12(9-10)23-15(17-11)19-7-4-16-5-8-19/h1-3,6,9,16H,4-5,7-8H2,(H,18,21,22). The first-order chi connectivity index (χ1) is 11.2. The SMILES string of the molecule is O=c1ccn(-c2ccc3nc(N4CCNCC4)oc3c2)c(=O)[nH]1. The molecule has 1 saturated heterocycles. The summed E-state index contributed by atoms with van der Waals surface area (Å²) in [6.07, 6.45) is 1.44. The highest BCUT2D eigenvalue weighted by atomic mass is 16.4. The zero-order valence-electron chi connectivity index (χ0n) is 12.3. The van der Waals surface area contributed by atoms with E-state index >= 15 is 0 Å². The molecule has 0 saturated carbocycles. The van der Waals surface area contributed by atoms with Crippen LogP contribution in [0.5, 0.6) is 0 Å². The van der Waals surface area contributed by atoms with Gasteiger partial charge in [-0.15, -0.1) is 0 Å². The van der Waals surface area contributed by atoms with Crippen LogP contribution in [0.1, 0.15) is 0 Å². The number of benzene rings is 1. The van der Waals surface area contributed by atoms with Gasteiger partial charge in [0.1, 0.15) is 5.52 Å². The fraction of sp³-hybridized carbons (Fsp3) is 0.267. The molecule has 0 aliphatic carbocycles. The molecule has 8 nitrogen and oxygen atoms in total. The molecule has 0 spiro atoms. The van der Waals surface area contributed by atoms with Crippen molar-refractivity contribution in [1.82, 2.24) is 19.9 Å². The van der Waals surface area contributed by atoms with E-state index in [1.807, 2.05) is 0 Å². The molecule has 2 N–H and O–H groups in total. The van der Waals surface area contributed by atoms with Crippen molar-refractivity contribution in [1.29, 1.82) is 0 Å². The van der Waals surface area contributed by atoms with Crippen LogP contribution in [0, 0.1) is 0 Å². The van der Waals surface area contributed by atoms with Gasteiger partial charge < -0.3 is 14.6 Å². The van der Waals surface area contributed by atoms with Crippen molar-refractivity contribution >= 4 is 17.1 Å². The molecule has 1 fully saturated rings. The van der Waals surface area contributed by atoms with Crippen molar-refractivity contribution in [3.63, 3.8) is 0 Å². The van der Waals surface area contributed by atoms with Crippen molar-refractivity contribution in [2.24, 2.45) is 0 Å². The van der Waals surface area contributed by atoms with Crippen LogP contribution in [0.4, 0.5) is 6.01 Å². The van der Waals surface area contributed by atoms with Crippen molar-refractivity contribution in [2.75, 3.05) is 31.1 Å². The third-order valence-corrected chi connectivity index (χ3v) is 3.85. The number of anilines is 1. The minimum Gasteiger partial charge on any atom is -0.423 e. The Bertz CT molecular complexity index is 965. The molecule has 0 bridgehead atoms. The van der Waals surface area contributed by atoms with Gasteiger partial charge in [0.15, 0.2) is 5.58 Å². The molecule has 0 radical (unpaired) electrons. The zero-order chi connectivity index (χ0) is 15.8. The van der Waals surface area contributed by atoms with E-state index in [-0.39, 0.29) is 0 Å². The van der Waals surface area contributed by atoms with Crippen LogP contribution < -0.4 is 21.5 Å². The molecule has 118 valence electrons. The smallest absolute Gasteiger partial charge is 0.332 e. The fourth-order valence-electron chi connectivity index (χ4n) is 2.66. The normalized spacial score (nSPS) is 15.2. The second-order valence-electron chi connectivity index (χ2n) is 5.37. The van der Waals surface area contributed by atoms with Gasteiger partial charge in [-0.1, -0.05) is 0 Å². The van der Waals surface area contributed by atoms with Crippen molar-refractivity contribution < 1.29 is 4.42 Å².